The number of rotatable bonds is 11. The molecule has 0 aliphatic heterocycles. The SMILES string of the molecule is CC(C)Oc1ccc(-c2cnc(NC(=O)Cc3ccc(OCc4ccccc4)cc3)c(Cc3ccccc3)n2)cc1. The highest BCUT2D eigenvalue weighted by atomic mass is 16.5. The molecule has 206 valence electrons. The van der Waals surface area contributed by atoms with E-state index in [0.717, 1.165) is 39.4 Å². The van der Waals surface area contributed by atoms with Crippen LogP contribution in [0.4, 0.5) is 5.82 Å². The number of carbonyl (C=O) groups is 1. The number of nitrogens with zero attached hydrogens (tertiary/aromatic N) is 2. The minimum atomic E-state index is -0.158. The first-order valence-corrected chi connectivity index (χ1v) is 13.7. The number of hydrogen-bond acceptors (Lipinski definition) is 5. The van der Waals surface area contributed by atoms with Crippen molar-refractivity contribution < 1.29 is 14.3 Å². The van der Waals surface area contributed by atoms with Gasteiger partial charge in [0.05, 0.1) is 30.1 Å². The Hall–Kier alpha value is -4.97. The second-order valence-corrected chi connectivity index (χ2v) is 10.0. The summed E-state index contributed by atoms with van der Waals surface area (Å²) in [5, 5.41) is 2.99. The van der Waals surface area contributed by atoms with Crippen LogP contribution in [0, 0.1) is 0 Å². The van der Waals surface area contributed by atoms with Crippen LogP contribution in [0.1, 0.15) is 36.2 Å². The molecule has 6 heteroatoms. The Labute approximate surface area is 241 Å². The second kappa shape index (κ2) is 13.4. The van der Waals surface area contributed by atoms with Gasteiger partial charge in [0.2, 0.25) is 5.91 Å². The van der Waals surface area contributed by atoms with E-state index in [2.05, 4.69) is 10.3 Å². The minimum Gasteiger partial charge on any atom is -0.491 e. The normalized spacial score (nSPS) is 10.8. The van der Waals surface area contributed by atoms with Gasteiger partial charge in [-0.3, -0.25) is 4.79 Å². The third kappa shape index (κ3) is 8.02. The lowest BCUT2D eigenvalue weighted by Crippen LogP contribution is -2.17. The Kier molecular flexibility index (Phi) is 9.01. The molecule has 0 saturated carbocycles. The Morgan fingerprint density at radius 3 is 2.05 bits per heavy atom. The molecule has 1 aromatic heterocycles. The highest BCUT2D eigenvalue weighted by Crippen LogP contribution is 2.25. The first-order valence-electron chi connectivity index (χ1n) is 13.7. The van der Waals surface area contributed by atoms with Gasteiger partial charge in [0, 0.05) is 12.0 Å². The van der Waals surface area contributed by atoms with Crippen LogP contribution in [-0.4, -0.2) is 22.0 Å². The molecule has 1 heterocycles. The smallest absolute Gasteiger partial charge is 0.229 e. The average molecular weight is 544 g/mol. The number of benzene rings is 4. The summed E-state index contributed by atoms with van der Waals surface area (Å²) >= 11 is 0. The molecule has 0 fully saturated rings. The first kappa shape index (κ1) is 27.6. The third-order valence-electron chi connectivity index (χ3n) is 6.38. The third-order valence-corrected chi connectivity index (χ3v) is 6.38. The molecular formula is C35H33N3O3. The average Bonchev–Trinajstić information content (AvgIpc) is 2.99. The number of nitrogens with one attached hydrogen (secondary N) is 1. The lowest BCUT2D eigenvalue weighted by atomic mass is 10.1. The van der Waals surface area contributed by atoms with Gasteiger partial charge in [-0.05, 0) is 66.9 Å². The molecule has 41 heavy (non-hydrogen) atoms. The molecule has 0 radical (unpaired) electrons. The van der Waals surface area contributed by atoms with Gasteiger partial charge in [-0.15, -0.1) is 0 Å². The Morgan fingerprint density at radius 2 is 1.39 bits per heavy atom. The Balaban J connectivity index is 1.28. The van der Waals surface area contributed by atoms with E-state index in [-0.39, 0.29) is 18.4 Å². The summed E-state index contributed by atoms with van der Waals surface area (Å²) in [6.45, 7) is 4.49. The van der Waals surface area contributed by atoms with Gasteiger partial charge >= 0.3 is 0 Å². The van der Waals surface area contributed by atoms with Crippen molar-refractivity contribution >= 4 is 11.7 Å². The fraction of sp³-hybridized carbons (Fsp3) is 0.171. The van der Waals surface area contributed by atoms with Crippen molar-refractivity contribution in [3.05, 3.63) is 138 Å². The molecule has 0 atom stereocenters. The summed E-state index contributed by atoms with van der Waals surface area (Å²) in [7, 11) is 0. The van der Waals surface area contributed by atoms with E-state index in [0.29, 0.717) is 24.5 Å². The van der Waals surface area contributed by atoms with Gasteiger partial charge < -0.3 is 14.8 Å². The van der Waals surface area contributed by atoms with E-state index in [1.165, 1.54) is 0 Å². The zero-order valence-corrected chi connectivity index (χ0v) is 23.3. The van der Waals surface area contributed by atoms with Crippen molar-refractivity contribution in [2.45, 2.75) is 39.4 Å². The largest absolute Gasteiger partial charge is 0.491 e. The van der Waals surface area contributed by atoms with E-state index in [9.17, 15) is 4.79 Å². The molecule has 1 N–H and O–H groups in total. The molecule has 5 aromatic rings. The van der Waals surface area contributed by atoms with Gasteiger partial charge in [0.1, 0.15) is 18.1 Å². The van der Waals surface area contributed by atoms with E-state index in [4.69, 9.17) is 14.5 Å². The van der Waals surface area contributed by atoms with Crippen molar-refractivity contribution in [3.63, 3.8) is 0 Å². The molecule has 0 aliphatic carbocycles. The summed E-state index contributed by atoms with van der Waals surface area (Å²) in [5.41, 5.74) is 5.43. The van der Waals surface area contributed by atoms with Crippen LogP contribution >= 0.6 is 0 Å². The number of aromatic nitrogens is 2. The maximum absolute atomic E-state index is 13.0. The van der Waals surface area contributed by atoms with Crippen LogP contribution in [-0.2, 0) is 24.2 Å². The molecule has 5 rings (SSSR count). The van der Waals surface area contributed by atoms with Gasteiger partial charge in [-0.25, -0.2) is 9.97 Å². The number of ether oxygens (including phenoxy) is 2. The quantitative estimate of drug-likeness (QED) is 0.189. The molecule has 4 aromatic carbocycles. The van der Waals surface area contributed by atoms with Crippen molar-refractivity contribution in [1.29, 1.82) is 0 Å². The number of hydrogen-bond donors (Lipinski definition) is 1. The highest BCUT2D eigenvalue weighted by molar-refractivity contribution is 5.92. The zero-order chi connectivity index (χ0) is 28.4. The predicted molar refractivity (Wildman–Crippen MR) is 162 cm³/mol. The first-order chi connectivity index (χ1) is 20.0. The van der Waals surface area contributed by atoms with Gasteiger partial charge in [0.15, 0.2) is 5.82 Å². The fourth-order valence-corrected chi connectivity index (χ4v) is 4.37. The molecule has 6 nitrogen and oxygen atoms in total. The topological polar surface area (TPSA) is 73.3 Å². The van der Waals surface area contributed by atoms with Crippen molar-refractivity contribution in [2.24, 2.45) is 0 Å². The number of carbonyl (C=O) groups excluding carboxylic acids is 1. The van der Waals surface area contributed by atoms with Crippen molar-refractivity contribution in [3.8, 4) is 22.8 Å². The van der Waals surface area contributed by atoms with Crippen LogP contribution < -0.4 is 14.8 Å². The van der Waals surface area contributed by atoms with Crippen LogP contribution in [0.5, 0.6) is 11.5 Å². The number of anilines is 1. The van der Waals surface area contributed by atoms with Crippen LogP contribution in [0.25, 0.3) is 11.3 Å². The summed E-state index contributed by atoms with van der Waals surface area (Å²) < 4.78 is 11.6. The zero-order valence-electron chi connectivity index (χ0n) is 23.3. The van der Waals surface area contributed by atoms with E-state index in [1.54, 1.807) is 6.20 Å². The summed E-state index contributed by atoms with van der Waals surface area (Å²) in [6, 6.07) is 35.5. The Bertz CT molecular complexity index is 1550. The molecule has 0 spiro atoms. The van der Waals surface area contributed by atoms with Crippen LogP contribution in [0.15, 0.2) is 115 Å². The minimum absolute atomic E-state index is 0.104. The predicted octanol–water partition coefficient (Wildman–Crippen LogP) is 7.28. The molecule has 1 amide bonds. The summed E-state index contributed by atoms with van der Waals surface area (Å²) in [5.74, 6) is 1.87. The highest BCUT2D eigenvalue weighted by Gasteiger charge is 2.14. The second-order valence-electron chi connectivity index (χ2n) is 10.0. The van der Waals surface area contributed by atoms with Crippen molar-refractivity contribution in [1.82, 2.24) is 9.97 Å². The molecule has 0 unspecified atom stereocenters. The van der Waals surface area contributed by atoms with Crippen LogP contribution in [0.3, 0.4) is 0 Å². The summed E-state index contributed by atoms with van der Waals surface area (Å²) in [6.07, 6.45) is 2.55. The molecular weight excluding hydrogens is 510 g/mol. The molecule has 0 saturated heterocycles. The number of amides is 1. The fourth-order valence-electron chi connectivity index (χ4n) is 4.37. The van der Waals surface area contributed by atoms with E-state index < -0.39 is 0 Å². The lowest BCUT2D eigenvalue weighted by Gasteiger charge is -2.13. The summed E-state index contributed by atoms with van der Waals surface area (Å²) in [4.78, 5) is 22.6. The van der Waals surface area contributed by atoms with Gasteiger partial charge in [-0.1, -0.05) is 72.8 Å². The monoisotopic (exact) mass is 543 g/mol. The van der Waals surface area contributed by atoms with Gasteiger partial charge in [-0.2, -0.15) is 0 Å². The maximum Gasteiger partial charge on any atom is 0.229 e. The molecule has 0 bridgehead atoms. The maximum atomic E-state index is 13.0. The van der Waals surface area contributed by atoms with E-state index >= 15 is 0 Å². The Morgan fingerprint density at radius 1 is 0.756 bits per heavy atom. The van der Waals surface area contributed by atoms with Crippen molar-refractivity contribution in [2.75, 3.05) is 5.32 Å². The lowest BCUT2D eigenvalue weighted by molar-refractivity contribution is -0.115. The standard InChI is InChI=1S/C35H33N3O3/c1-25(2)41-31-19-15-29(16-20-31)33-23-36-35(32(37-33)21-26-9-5-3-6-10-26)38-34(39)22-27-13-17-30(18-14-27)40-24-28-11-7-4-8-12-28/h3-20,23,25H,21-22,24H2,1-2H3,(H,36,38,39). The van der Waals surface area contributed by atoms with Gasteiger partial charge in [0.25, 0.3) is 0 Å². The molecule has 0 aliphatic rings. The van der Waals surface area contributed by atoms with E-state index in [1.807, 2.05) is 123 Å². The van der Waals surface area contributed by atoms with Crippen LogP contribution in [0.2, 0.25) is 0 Å².